The van der Waals surface area contributed by atoms with E-state index in [-0.39, 0.29) is 5.75 Å². The van der Waals surface area contributed by atoms with Crippen LogP contribution in [0.3, 0.4) is 0 Å². The van der Waals surface area contributed by atoms with E-state index in [9.17, 15) is 13.2 Å². The molecule has 1 rings (SSSR count). The van der Waals surface area contributed by atoms with E-state index in [1.54, 1.807) is 12.3 Å². The van der Waals surface area contributed by atoms with E-state index >= 15 is 0 Å². The van der Waals surface area contributed by atoms with Crippen LogP contribution in [0.15, 0.2) is 21.5 Å². The van der Waals surface area contributed by atoms with Gasteiger partial charge in [-0.1, -0.05) is 11.6 Å². The summed E-state index contributed by atoms with van der Waals surface area (Å²) in [6, 6.07) is 3.00. The molecule has 0 N–H and O–H groups in total. The van der Waals surface area contributed by atoms with Gasteiger partial charge in [0.1, 0.15) is 5.75 Å². The van der Waals surface area contributed by atoms with Crippen LogP contribution in [0.2, 0.25) is 5.02 Å². The minimum absolute atomic E-state index is 0.137. The van der Waals surface area contributed by atoms with Crippen LogP contribution in [0.5, 0.6) is 5.75 Å². The highest BCUT2D eigenvalue weighted by atomic mass is 79.9. The summed E-state index contributed by atoms with van der Waals surface area (Å²) in [5, 5.41) is 0.354. The Bertz CT molecular complexity index is 384. The highest BCUT2D eigenvalue weighted by molar-refractivity contribution is 9.10. The Hall–Kier alpha value is -0.0700. The van der Waals surface area contributed by atoms with E-state index in [0.29, 0.717) is 14.4 Å². The number of benzene rings is 1. The molecule has 0 fully saturated rings. The van der Waals surface area contributed by atoms with E-state index in [4.69, 9.17) is 11.6 Å². The molecule has 0 aliphatic rings. The Morgan fingerprint density at radius 2 is 2.06 bits per heavy atom. The molecule has 0 heterocycles. The van der Waals surface area contributed by atoms with Crippen molar-refractivity contribution in [1.29, 1.82) is 0 Å². The van der Waals surface area contributed by atoms with Gasteiger partial charge >= 0.3 is 6.18 Å². The lowest BCUT2D eigenvalue weighted by molar-refractivity contribution is -0.153. The van der Waals surface area contributed by atoms with Crippen molar-refractivity contribution < 1.29 is 17.9 Å². The van der Waals surface area contributed by atoms with Gasteiger partial charge in [0.25, 0.3) is 0 Å². The van der Waals surface area contributed by atoms with Crippen molar-refractivity contribution in [1.82, 2.24) is 0 Å². The van der Waals surface area contributed by atoms with Crippen LogP contribution in [0.25, 0.3) is 0 Å². The lowest BCUT2D eigenvalue weighted by Crippen LogP contribution is -2.19. The number of hydrogen-bond donors (Lipinski definition) is 0. The maximum atomic E-state index is 12.0. The van der Waals surface area contributed by atoms with Crippen molar-refractivity contribution in [3.05, 3.63) is 21.6 Å². The summed E-state index contributed by atoms with van der Waals surface area (Å²) in [4.78, 5) is 0.486. The molecule has 0 atom stereocenters. The highest BCUT2D eigenvalue weighted by Gasteiger charge is 2.29. The van der Waals surface area contributed by atoms with Crippen LogP contribution >= 0.6 is 39.3 Å². The number of alkyl halides is 3. The van der Waals surface area contributed by atoms with Crippen molar-refractivity contribution in [3.8, 4) is 5.75 Å². The van der Waals surface area contributed by atoms with Gasteiger partial charge in [-0.15, -0.1) is 11.8 Å². The quantitative estimate of drug-likeness (QED) is 0.736. The molecular weight excluding hydrogens is 329 g/mol. The predicted molar refractivity (Wildman–Crippen MR) is 62.5 cm³/mol. The van der Waals surface area contributed by atoms with Crippen LogP contribution in [0, 0.1) is 0 Å². The zero-order valence-corrected chi connectivity index (χ0v) is 11.2. The number of halogens is 5. The van der Waals surface area contributed by atoms with Crippen molar-refractivity contribution >= 4 is 39.3 Å². The van der Waals surface area contributed by atoms with Crippen LogP contribution in [-0.4, -0.2) is 19.0 Å². The third-order valence-electron chi connectivity index (χ3n) is 1.61. The van der Waals surface area contributed by atoms with Crippen molar-refractivity contribution in [2.75, 3.05) is 12.9 Å². The van der Waals surface area contributed by atoms with Crippen molar-refractivity contribution in [2.45, 2.75) is 11.1 Å². The third-order valence-corrected chi connectivity index (χ3v) is 3.82. The molecule has 0 aliphatic carbocycles. The Balaban J connectivity index is 2.92. The van der Waals surface area contributed by atoms with E-state index in [1.165, 1.54) is 17.8 Å². The Morgan fingerprint density at radius 3 is 2.56 bits per heavy atom. The lowest BCUT2D eigenvalue weighted by atomic mass is 10.3. The van der Waals surface area contributed by atoms with Gasteiger partial charge in [0.2, 0.25) is 0 Å². The molecule has 0 unspecified atom stereocenters. The first-order chi connectivity index (χ1) is 7.35. The first-order valence-corrected chi connectivity index (χ1v) is 6.46. The standard InChI is InChI=1S/C9H7BrClF3OS/c1-16-8-6(15-4-9(12,13)14)3-2-5(10)7(8)11/h2-3H,4H2,1H3. The second-order valence-corrected chi connectivity index (χ2v) is 4.85. The molecule has 90 valence electrons. The number of hydrogen-bond acceptors (Lipinski definition) is 2. The molecule has 1 aromatic carbocycles. The topological polar surface area (TPSA) is 9.23 Å². The van der Waals surface area contributed by atoms with Crippen LogP contribution in [0.4, 0.5) is 13.2 Å². The van der Waals surface area contributed by atoms with Crippen LogP contribution < -0.4 is 4.74 Å². The van der Waals surface area contributed by atoms with E-state index in [1.807, 2.05) is 0 Å². The average Bonchev–Trinajstić information content (AvgIpc) is 2.18. The van der Waals surface area contributed by atoms with Gasteiger partial charge in [0.05, 0.1) is 9.92 Å². The molecular formula is C9H7BrClF3OS. The molecule has 0 aromatic heterocycles. The second-order valence-electron chi connectivity index (χ2n) is 2.80. The Morgan fingerprint density at radius 1 is 1.44 bits per heavy atom. The number of rotatable bonds is 3. The molecule has 0 spiro atoms. The SMILES string of the molecule is CSc1c(OCC(F)(F)F)ccc(Br)c1Cl. The first-order valence-electron chi connectivity index (χ1n) is 4.06. The summed E-state index contributed by atoms with van der Waals surface area (Å²) in [6.07, 6.45) is -2.64. The van der Waals surface area contributed by atoms with Crippen molar-refractivity contribution in [3.63, 3.8) is 0 Å². The summed E-state index contributed by atoms with van der Waals surface area (Å²) in [6.45, 7) is -1.32. The Labute approximate surface area is 108 Å². The van der Waals surface area contributed by atoms with Gasteiger partial charge in [-0.05, 0) is 34.3 Å². The summed E-state index contributed by atoms with van der Waals surface area (Å²) in [5.74, 6) is 0.137. The molecule has 0 radical (unpaired) electrons. The molecule has 0 amide bonds. The number of ether oxygens (including phenoxy) is 1. The first kappa shape index (κ1) is 14.0. The minimum atomic E-state index is -4.35. The highest BCUT2D eigenvalue weighted by Crippen LogP contribution is 2.39. The fourth-order valence-corrected chi connectivity index (χ4v) is 2.44. The van der Waals surface area contributed by atoms with Gasteiger partial charge in [-0.3, -0.25) is 0 Å². The fraction of sp³-hybridized carbons (Fsp3) is 0.333. The molecule has 16 heavy (non-hydrogen) atoms. The minimum Gasteiger partial charge on any atom is -0.483 e. The average molecular weight is 336 g/mol. The predicted octanol–water partition coefficient (Wildman–Crippen LogP) is 4.77. The van der Waals surface area contributed by atoms with Crippen LogP contribution in [0.1, 0.15) is 0 Å². The zero-order valence-electron chi connectivity index (χ0n) is 8.07. The molecule has 0 saturated carbocycles. The molecule has 1 nitrogen and oxygen atoms in total. The second kappa shape index (κ2) is 5.51. The van der Waals surface area contributed by atoms with E-state index < -0.39 is 12.8 Å². The molecule has 1 aromatic rings. The monoisotopic (exact) mass is 334 g/mol. The molecule has 0 bridgehead atoms. The molecule has 7 heteroatoms. The Kier molecular flexibility index (Phi) is 4.82. The normalized spacial score (nSPS) is 11.6. The smallest absolute Gasteiger partial charge is 0.422 e. The third kappa shape index (κ3) is 3.75. The maximum Gasteiger partial charge on any atom is 0.422 e. The lowest BCUT2D eigenvalue weighted by Gasteiger charge is -2.13. The van der Waals surface area contributed by atoms with E-state index in [2.05, 4.69) is 20.7 Å². The zero-order chi connectivity index (χ0) is 12.3. The van der Waals surface area contributed by atoms with Gasteiger partial charge in [-0.2, -0.15) is 13.2 Å². The summed E-state index contributed by atoms with van der Waals surface area (Å²) >= 11 is 10.3. The van der Waals surface area contributed by atoms with Gasteiger partial charge in [-0.25, -0.2) is 0 Å². The fourth-order valence-electron chi connectivity index (χ4n) is 0.978. The number of thioether (sulfide) groups is 1. The maximum absolute atomic E-state index is 12.0. The van der Waals surface area contributed by atoms with Crippen LogP contribution in [-0.2, 0) is 0 Å². The van der Waals surface area contributed by atoms with Gasteiger partial charge in [0, 0.05) is 4.47 Å². The molecule has 0 saturated heterocycles. The summed E-state index contributed by atoms with van der Waals surface area (Å²) < 4.78 is 41.2. The summed E-state index contributed by atoms with van der Waals surface area (Å²) in [5.41, 5.74) is 0. The summed E-state index contributed by atoms with van der Waals surface area (Å²) in [7, 11) is 0. The van der Waals surface area contributed by atoms with Gasteiger partial charge in [0.15, 0.2) is 6.61 Å². The largest absolute Gasteiger partial charge is 0.483 e. The molecule has 0 aliphatic heterocycles. The van der Waals surface area contributed by atoms with E-state index in [0.717, 1.165) is 0 Å². The van der Waals surface area contributed by atoms with Gasteiger partial charge < -0.3 is 4.74 Å². The van der Waals surface area contributed by atoms with Crippen molar-refractivity contribution in [2.24, 2.45) is 0 Å².